The molecule has 3 aromatic carbocycles. The first-order valence-electron chi connectivity index (χ1n) is 8.37. The van der Waals surface area contributed by atoms with Gasteiger partial charge in [0.2, 0.25) is 0 Å². The van der Waals surface area contributed by atoms with Crippen LogP contribution in [0.1, 0.15) is 0 Å². The number of hydrogen-bond acceptors (Lipinski definition) is 5. The number of ether oxygens (including phenoxy) is 2. The minimum Gasteiger partial charge on any atom is -0.484 e. The first kappa shape index (κ1) is 17.1. The third kappa shape index (κ3) is 4.43. The van der Waals surface area contributed by atoms with Crippen molar-refractivity contribution in [3.63, 3.8) is 0 Å². The maximum Gasteiger partial charge on any atom is 0.264 e. The van der Waals surface area contributed by atoms with Gasteiger partial charge in [-0.2, -0.15) is 0 Å². The first-order chi connectivity index (χ1) is 13.3. The molecule has 0 atom stereocenters. The SMILES string of the molecule is O=C(COc1ccccc1)Nc1nc2ccc(Oc3ccccc3)cc2s1. The van der Waals surface area contributed by atoms with E-state index in [-0.39, 0.29) is 12.5 Å². The molecular formula is C21H16N2O3S. The molecule has 0 spiro atoms. The molecule has 5 nitrogen and oxygen atoms in total. The van der Waals surface area contributed by atoms with Crippen LogP contribution >= 0.6 is 11.3 Å². The number of rotatable bonds is 6. The Morgan fingerprint density at radius 2 is 1.59 bits per heavy atom. The fraction of sp³-hybridized carbons (Fsp3) is 0.0476. The summed E-state index contributed by atoms with van der Waals surface area (Å²) in [6, 6.07) is 24.4. The van der Waals surface area contributed by atoms with Crippen molar-refractivity contribution in [2.24, 2.45) is 0 Å². The Kier molecular flexibility index (Phi) is 4.98. The number of benzene rings is 3. The molecule has 134 valence electrons. The van der Waals surface area contributed by atoms with Crippen LogP contribution in [0.5, 0.6) is 17.2 Å². The highest BCUT2D eigenvalue weighted by Crippen LogP contribution is 2.31. The van der Waals surface area contributed by atoms with Crippen molar-refractivity contribution in [3.8, 4) is 17.2 Å². The van der Waals surface area contributed by atoms with Crippen molar-refractivity contribution < 1.29 is 14.3 Å². The molecule has 1 aromatic heterocycles. The molecule has 27 heavy (non-hydrogen) atoms. The second kappa shape index (κ2) is 7.88. The van der Waals surface area contributed by atoms with Gasteiger partial charge in [0.05, 0.1) is 10.2 Å². The molecule has 0 aliphatic rings. The standard InChI is InChI=1S/C21H16N2O3S/c24-20(14-25-15-7-3-1-4-8-15)23-21-22-18-12-11-17(13-19(18)27-21)26-16-9-5-2-6-10-16/h1-13H,14H2,(H,22,23,24). The van der Waals surface area contributed by atoms with Crippen LogP contribution in [0.25, 0.3) is 10.2 Å². The number of nitrogens with zero attached hydrogens (tertiary/aromatic N) is 1. The molecule has 0 unspecified atom stereocenters. The highest BCUT2D eigenvalue weighted by atomic mass is 32.1. The number of anilines is 1. The van der Waals surface area contributed by atoms with Crippen molar-refractivity contribution in [2.45, 2.75) is 0 Å². The van der Waals surface area contributed by atoms with Crippen LogP contribution in [0.2, 0.25) is 0 Å². The summed E-state index contributed by atoms with van der Waals surface area (Å²) in [7, 11) is 0. The molecule has 1 amide bonds. The van der Waals surface area contributed by atoms with Crippen molar-refractivity contribution in [1.82, 2.24) is 4.98 Å². The van der Waals surface area contributed by atoms with Gasteiger partial charge in [-0.1, -0.05) is 47.7 Å². The van der Waals surface area contributed by atoms with Crippen LogP contribution in [0.15, 0.2) is 78.9 Å². The molecule has 0 aliphatic carbocycles. The van der Waals surface area contributed by atoms with Gasteiger partial charge >= 0.3 is 0 Å². The maximum atomic E-state index is 12.1. The van der Waals surface area contributed by atoms with Gasteiger partial charge in [-0.05, 0) is 36.4 Å². The molecule has 0 saturated carbocycles. The van der Waals surface area contributed by atoms with Gasteiger partial charge in [0.15, 0.2) is 11.7 Å². The van der Waals surface area contributed by atoms with E-state index >= 15 is 0 Å². The molecule has 1 heterocycles. The zero-order valence-corrected chi connectivity index (χ0v) is 15.1. The van der Waals surface area contributed by atoms with Crippen molar-refractivity contribution in [3.05, 3.63) is 78.9 Å². The summed E-state index contributed by atoms with van der Waals surface area (Å²) in [6.45, 7) is -0.0672. The highest BCUT2D eigenvalue weighted by molar-refractivity contribution is 7.22. The number of nitrogens with one attached hydrogen (secondary N) is 1. The molecule has 0 fully saturated rings. The van der Waals surface area contributed by atoms with Gasteiger partial charge in [0, 0.05) is 6.07 Å². The third-order valence-corrected chi connectivity index (χ3v) is 4.63. The van der Waals surface area contributed by atoms with Gasteiger partial charge in [0.1, 0.15) is 17.2 Å². The van der Waals surface area contributed by atoms with E-state index in [0.29, 0.717) is 10.9 Å². The lowest BCUT2D eigenvalue weighted by molar-refractivity contribution is -0.118. The first-order valence-corrected chi connectivity index (χ1v) is 9.19. The number of para-hydroxylation sites is 2. The summed E-state index contributed by atoms with van der Waals surface area (Å²) < 4.78 is 12.2. The summed E-state index contributed by atoms with van der Waals surface area (Å²) in [5.74, 6) is 1.90. The van der Waals surface area contributed by atoms with E-state index in [0.717, 1.165) is 21.7 Å². The van der Waals surface area contributed by atoms with Gasteiger partial charge in [-0.25, -0.2) is 4.98 Å². The molecule has 0 saturated heterocycles. The molecule has 0 aliphatic heterocycles. The van der Waals surface area contributed by atoms with Crippen molar-refractivity contribution in [2.75, 3.05) is 11.9 Å². The van der Waals surface area contributed by atoms with Gasteiger partial charge < -0.3 is 9.47 Å². The highest BCUT2D eigenvalue weighted by Gasteiger charge is 2.10. The monoisotopic (exact) mass is 376 g/mol. The molecular weight excluding hydrogens is 360 g/mol. The zero-order valence-electron chi connectivity index (χ0n) is 14.3. The lowest BCUT2D eigenvalue weighted by Crippen LogP contribution is -2.19. The maximum absolute atomic E-state index is 12.1. The number of thiazole rings is 1. The summed E-state index contributed by atoms with van der Waals surface area (Å²) in [6.07, 6.45) is 0. The summed E-state index contributed by atoms with van der Waals surface area (Å²) >= 11 is 1.39. The number of carbonyl (C=O) groups is 1. The van der Waals surface area contributed by atoms with E-state index in [2.05, 4.69) is 10.3 Å². The number of aromatic nitrogens is 1. The Morgan fingerprint density at radius 1 is 0.889 bits per heavy atom. The lowest BCUT2D eigenvalue weighted by atomic mass is 10.3. The van der Waals surface area contributed by atoms with Crippen LogP contribution < -0.4 is 14.8 Å². The fourth-order valence-electron chi connectivity index (χ4n) is 2.47. The predicted molar refractivity (Wildman–Crippen MR) is 107 cm³/mol. The van der Waals surface area contributed by atoms with Crippen LogP contribution in [0.3, 0.4) is 0 Å². The second-order valence-electron chi connectivity index (χ2n) is 5.71. The second-order valence-corrected chi connectivity index (χ2v) is 6.74. The topological polar surface area (TPSA) is 60.5 Å². The van der Waals surface area contributed by atoms with E-state index < -0.39 is 0 Å². The van der Waals surface area contributed by atoms with E-state index in [4.69, 9.17) is 9.47 Å². The zero-order chi connectivity index (χ0) is 18.5. The Balaban J connectivity index is 1.41. The van der Waals surface area contributed by atoms with Crippen LogP contribution in [-0.2, 0) is 4.79 Å². The average molecular weight is 376 g/mol. The van der Waals surface area contributed by atoms with Gasteiger partial charge in [-0.15, -0.1) is 0 Å². The van der Waals surface area contributed by atoms with Crippen LogP contribution in [-0.4, -0.2) is 17.5 Å². The Bertz CT molecular complexity index is 1050. The molecule has 0 radical (unpaired) electrons. The smallest absolute Gasteiger partial charge is 0.264 e. The van der Waals surface area contributed by atoms with Crippen LogP contribution in [0.4, 0.5) is 5.13 Å². The molecule has 0 bridgehead atoms. The predicted octanol–water partition coefficient (Wildman–Crippen LogP) is 5.11. The van der Waals surface area contributed by atoms with Crippen molar-refractivity contribution in [1.29, 1.82) is 0 Å². The lowest BCUT2D eigenvalue weighted by Gasteiger charge is -2.04. The largest absolute Gasteiger partial charge is 0.484 e. The Hall–Kier alpha value is -3.38. The molecule has 1 N–H and O–H groups in total. The molecule has 6 heteroatoms. The molecule has 4 rings (SSSR count). The summed E-state index contributed by atoms with van der Waals surface area (Å²) in [5, 5.41) is 3.30. The number of hydrogen-bond donors (Lipinski definition) is 1. The Morgan fingerprint density at radius 3 is 2.33 bits per heavy atom. The minimum absolute atomic E-state index is 0.0672. The molecule has 4 aromatic rings. The average Bonchev–Trinajstić information content (AvgIpc) is 3.09. The fourth-order valence-corrected chi connectivity index (χ4v) is 3.38. The van der Waals surface area contributed by atoms with E-state index in [1.165, 1.54) is 11.3 Å². The number of fused-ring (bicyclic) bond motifs is 1. The van der Waals surface area contributed by atoms with Gasteiger partial charge in [-0.3, -0.25) is 10.1 Å². The van der Waals surface area contributed by atoms with Crippen molar-refractivity contribution >= 4 is 32.6 Å². The van der Waals surface area contributed by atoms with E-state index in [1.807, 2.05) is 66.7 Å². The van der Waals surface area contributed by atoms with E-state index in [9.17, 15) is 4.79 Å². The Labute approximate surface area is 160 Å². The summed E-state index contributed by atoms with van der Waals surface area (Å²) in [5.41, 5.74) is 0.805. The third-order valence-electron chi connectivity index (χ3n) is 3.70. The number of carbonyl (C=O) groups excluding carboxylic acids is 1. The quantitative estimate of drug-likeness (QED) is 0.508. The summed E-state index contributed by atoms with van der Waals surface area (Å²) in [4.78, 5) is 16.5. The normalized spacial score (nSPS) is 10.5. The van der Waals surface area contributed by atoms with E-state index in [1.54, 1.807) is 12.1 Å². The number of amides is 1. The van der Waals surface area contributed by atoms with Crippen LogP contribution in [0, 0.1) is 0 Å². The van der Waals surface area contributed by atoms with Gasteiger partial charge in [0.25, 0.3) is 5.91 Å². The minimum atomic E-state index is -0.251.